The van der Waals surface area contributed by atoms with Crippen molar-refractivity contribution in [1.82, 2.24) is 15.1 Å². The van der Waals surface area contributed by atoms with Gasteiger partial charge in [0.05, 0.1) is 0 Å². The van der Waals surface area contributed by atoms with E-state index in [-0.39, 0.29) is 6.03 Å². The highest BCUT2D eigenvalue weighted by Crippen LogP contribution is 2.39. The summed E-state index contributed by atoms with van der Waals surface area (Å²) in [5, 5.41) is 4.20. The highest BCUT2D eigenvalue weighted by Gasteiger charge is 2.40. The van der Waals surface area contributed by atoms with Crippen LogP contribution in [0.4, 0.5) is 4.79 Å². The van der Waals surface area contributed by atoms with Crippen LogP contribution in [0, 0.1) is 0 Å². The molecule has 1 aromatic carbocycles. The number of nitrogens with one attached hydrogen (secondary N) is 1. The quantitative estimate of drug-likeness (QED) is 0.908. The summed E-state index contributed by atoms with van der Waals surface area (Å²) in [6, 6.07) is 9.33. The summed E-state index contributed by atoms with van der Waals surface area (Å²) < 4.78 is 0. The smallest absolute Gasteiger partial charge is 0.320 e. The Morgan fingerprint density at radius 2 is 1.75 bits per heavy atom. The first-order valence-corrected chi connectivity index (χ1v) is 9.63. The molecule has 1 aromatic rings. The molecule has 1 aliphatic carbocycles. The van der Waals surface area contributed by atoms with E-state index in [9.17, 15) is 4.79 Å². The molecular weight excluding hydrogens is 322 g/mol. The molecule has 4 rings (SSSR count). The molecule has 3 fully saturated rings. The number of carbonyl (C=O) groups excluding carboxylic acids is 1. The van der Waals surface area contributed by atoms with Gasteiger partial charge in [-0.2, -0.15) is 0 Å². The van der Waals surface area contributed by atoms with Crippen molar-refractivity contribution in [2.45, 2.75) is 50.1 Å². The molecule has 24 heavy (non-hydrogen) atoms. The highest BCUT2D eigenvalue weighted by molar-refractivity contribution is 6.30. The van der Waals surface area contributed by atoms with Crippen molar-refractivity contribution in [2.75, 3.05) is 26.2 Å². The van der Waals surface area contributed by atoms with Gasteiger partial charge in [0.2, 0.25) is 0 Å². The van der Waals surface area contributed by atoms with Crippen LogP contribution in [-0.4, -0.2) is 54.1 Å². The average molecular weight is 348 g/mol. The maximum Gasteiger partial charge on any atom is 0.320 e. The number of piperidine rings is 1. The molecule has 0 spiro atoms. The highest BCUT2D eigenvalue weighted by atomic mass is 35.5. The zero-order valence-electron chi connectivity index (χ0n) is 14.1. The minimum Gasteiger partial charge on any atom is -0.320 e. The van der Waals surface area contributed by atoms with Gasteiger partial charge >= 0.3 is 6.03 Å². The van der Waals surface area contributed by atoms with Gasteiger partial charge in [0, 0.05) is 30.2 Å². The Hall–Kier alpha value is -1.26. The van der Waals surface area contributed by atoms with Crippen molar-refractivity contribution < 1.29 is 4.79 Å². The van der Waals surface area contributed by atoms with E-state index < -0.39 is 0 Å². The van der Waals surface area contributed by atoms with Crippen molar-refractivity contribution in [1.29, 1.82) is 0 Å². The predicted molar refractivity (Wildman–Crippen MR) is 96.5 cm³/mol. The summed E-state index contributed by atoms with van der Waals surface area (Å²) in [7, 11) is 0. The summed E-state index contributed by atoms with van der Waals surface area (Å²) in [4.78, 5) is 17.2. The summed E-state index contributed by atoms with van der Waals surface area (Å²) in [6.45, 7) is 3.88. The van der Waals surface area contributed by atoms with Crippen LogP contribution in [0.25, 0.3) is 0 Å². The van der Waals surface area contributed by atoms with Crippen LogP contribution in [0.3, 0.4) is 0 Å². The number of halogens is 1. The maximum atomic E-state index is 12.9. The number of rotatable bonds is 3. The normalized spacial score (nSPS) is 28.8. The third kappa shape index (κ3) is 3.14. The largest absolute Gasteiger partial charge is 0.320 e. The number of carbonyl (C=O) groups is 1. The Kier molecular flexibility index (Phi) is 4.68. The number of nitrogens with zero attached hydrogens (tertiary/aromatic N) is 2. The van der Waals surface area contributed by atoms with Crippen LogP contribution < -0.4 is 5.32 Å². The Balaban J connectivity index is 1.39. The number of amides is 2. The fraction of sp³-hybridized carbons (Fsp3) is 0.632. The van der Waals surface area contributed by atoms with E-state index in [0.717, 1.165) is 63.3 Å². The van der Waals surface area contributed by atoms with E-state index in [2.05, 4.69) is 27.2 Å². The Labute approximate surface area is 149 Å². The Morgan fingerprint density at radius 1 is 1.00 bits per heavy atom. The first-order valence-electron chi connectivity index (χ1n) is 9.26. The number of benzene rings is 1. The fourth-order valence-corrected chi connectivity index (χ4v) is 4.87. The molecule has 2 aliphatic heterocycles. The van der Waals surface area contributed by atoms with Gasteiger partial charge in [-0.25, -0.2) is 4.79 Å². The second-order valence-corrected chi connectivity index (χ2v) is 7.81. The van der Waals surface area contributed by atoms with E-state index in [1.165, 1.54) is 5.56 Å². The van der Waals surface area contributed by atoms with Crippen molar-refractivity contribution in [2.24, 2.45) is 0 Å². The third-order valence-electron chi connectivity index (χ3n) is 5.99. The van der Waals surface area contributed by atoms with Crippen LogP contribution in [0.15, 0.2) is 24.3 Å². The average Bonchev–Trinajstić information content (AvgIpc) is 3.22. The van der Waals surface area contributed by atoms with E-state index >= 15 is 0 Å². The topological polar surface area (TPSA) is 35.6 Å². The van der Waals surface area contributed by atoms with Crippen molar-refractivity contribution in [3.63, 3.8) is 0 Å². The second-order valence-electron chi connectivity index (χ2n) is 7.37. The first-order chi connectivity index (χ1) is 11.7. The van der Waals surface area contributed by atoms with E-state index in [1.54, 1.807) is 0 Å². The molecule has 0 aromatic heterocycles. The lowest BCUT2D eigenvalue weighted by molar-refractivity contribution is 0.156. The molecule has 130 valence electrons. The van der Waals surface area contributed by atoms with Gasteiger partial charge in [0.1, 0.15) is 0 Å². The molecule has 3 aliphatic rings. The van der Waals surface area contributed by atoms with Crippen LogP contribution in [-0.2, 0) is 0 Å². The van der Waals surface area contributed by atoms with Gasteiger partial charge in [-0.05, 0) is 68.8 Å². The number of hydrogen-bond acceptors (Lipinski definition) is 2. The van der Waals surface area contributed by atoms with Crippen molar-refractivity contribution >= 4 is 17.6 Å². The molecule has 1 N–H and O–H groups in total. The Bertz CT molecular complexity index is 602. The van der Waals surface area contributed by atoms with Gasteiger partial charge < -0.3 is 15.1 Å². The van der Waals surface area contributed by atoms with Gasteiger partial charge in [0.15, 0.2) is 0 Å². The molecule has 2 heterocycles. The summed E-state index contributed by atoms with van der Waals surface area (Å²) in [6.07, 6.45) is 5.53. The van der Waals surface area contributed by atoms with Gasteiger partial charge in [0.25, 0.3) is 0 Å². The van der Waals surface area contributed by atoms with Crippen LogP contribution in [0.5, 0.6) is 0 Å². The monoisotopic (exact) mass is 347 g/mol. The molecule has 5 heteroatoms. The van der Waals surface area contributed by atoms with Gasteiger partial charge in [-0.3, -0.25) is 0 Å². The van der Waals surface area contributed by atoms with Gasteiger partial charge in [-0.15, -0.1) is 0 Å². The Morgan fingerprint density at radius 3 is 2.50 bits per heavy atom. The van der Waals surface area contributed by atoms with Crippen LogP contribution in [0.1, 0.15) is 43.6 Å². The lowest BCUT2D eigenvalue weighted by atomic mass is 9.97. The summed E-state index contributed by atoms with van der Waals surface area (Å²) >= 11 is 6.14. The molecule has 0 radical (unpaired) electrons. The standard InChI is InChI=1S/C19H26ClN3O/c20-16-3-1-2-14(12-16)15-4-5-18(13-15)23-11-10-22(19(23)24)17-6-8-21-9-7-17/h1-3,12,15,17-18,21H,4-11,13H2. The molecular formula is C19H26ClN3O. The number of hydrogen-bond donors (Lipinski definition) is 1. The molecule has 2 unspecified atom stereocenters. The number of urea groups is 1. The fourth-order valence-electron chi connectivity index (χ4n) is 4.67. The molecule has 2 saturated heterocycles. The van der Waals surface area contributed by atoms with Crippen LogP contribution in [0.2, 0.25) is 5.02 Å². The lowest BCUT2D eigenvalue weighted by Crippen LogP contribution is -2.46. The first kappa shape index (κ1) is 16.2. The molecule has 4 nitrogen and oxygen atoms in total. The predicted octanol–water partition coefficient (Wildman–Crippen LogP) is 3.47. The third-order valence-corrected chi connectivity index (χ3v) is 6.22. The minimum absolute atomic E-state index is 0.277. The SMILES string of the molecule is O=C1N(C2CCNCC2)CCN1C1CCC(c2cccc(Cl)c2)C1. The van der Waals surface area contributed by atoms with E-state index in [0.29, 0.717) is 18.0 Å². The van der Waals surface area contributed by atoms with Crippen molar-refractivity contribution in [3.8, 4) is 0 Å². The van der Waals surface area contributed by atoms with Gasteiger partial charge in [-0.1, -0.05) is 23.7 Å². The summed E-state index contributed by atoms with van der Waals surface area (Å²) in [5.74, 6) is 0.537. The van der Waals surface area contributed by atoms with E-state index in [1.807, 2.05) is 12.1 Å². The molecule has 2 atom stereocenters. The molecule has 2 amide bonds. The minimum atomic E-state index is 0.277. The maximum absolute atomic E-state index is 12.9. The molecule has 0 bridgehead atoms. The van der Waals surface area contributed by atoms with E-state index in [4.69, 9.17) is 11.6 Å². The van der Waals surface area contributed by atoms with Crippen molar-refractivity contribution in [3.05, 3.63) is 34.9 Å². The summed E-state index contributed by atoms with van der Waals surface area (Å²) in [5.41, 5.74) is 1.33. The lowest BCUT2D eigenvalue weighted by Gasteiger charge is -2.32. The van der Waals surface area contributed by atoms with Crippen LogP contribution >= 0.6 is 11.6 Å². The second kappa shape index (κ2) is 6.93. The zero-order chi connectivity index (χ0) is 16.5. The zero-order valence-corrected chi connectivity index (χ0v) is 14.8. The molecule has 1 saturated carbocycles.